The van der Waals surface area contributed by atoms with Gasteiger partial charge in [0.1, 0.15) is 23.8 Å². The van der Waals surface area contributed by atoms with Gasteiger partial charge in [0.25, 0.3) is 0 Å². The highest BCUT2D eigenvalue weighted by molar-refractivity contribution is 7.98. The van der Waals surface area contributed by atoms with Crippen LogP contribution in [0.1, 0.15) is 0 Å². The summed E-state index contributed by atoms with van der Waals surface area (Å²) in [7, 11) is 0. The lowest BCUT2D eigenvalue weighted by atomic mass is 10.6. The first-order valence-corrected chi connectivity index (χ1v) is 5.16. The summed E-state index contributed by atoms with van der Waals surface area (Å²) in [5.41, 5.74) is 0. The molecule has 0 aromatic rings. The molecule has 4 nitrogen and oxygen atoms in total. The summed E-state index contributed by atoms with van der Waals surface area (Å²) in [5.74, 6) is 0.988. The van der Waals surface area contributed by atoms with Gasteiger partial charge in [-0.05, 0) is 12.0 Å². The van der Waals surface area contributed by atoms with Crippen molar-refractivity contribution in [1.82, 2.24) is 4.90 Å². The average molecular weight is 204 g/mol. The molecule has 0 atom stereocenters. The van der Waals surface area contributed by atoms with Gasteiger partial charge in [-0.2, -0.15) is 0 Å². The maximum atomic E-state index is 5.22. The number of hydrogen-bond acceptors (Lipinski definition) is 6. The van der Waals surface area contributed by atoms with Crippen LogP contribution in [0, 0.1) is 0 Å². The zero-order valence-corrected chi connectivity index (χ0v) is 7.94. The molecule has 0 aromatic carbocycles. The fraction of sp³-hybridized carbons (Fsp3) is 0.500. The molecule has 2 heterocycles. The molecule has 1 saturated heterocycles. The molecule has 0 amide bonds. The van der Waals surface area contributed by atoms with Crippen LogP contribution in [-0.2, 0) is 8.37 Å². The van der Waals surface area contributed by atoms with Crippen LogP contribution in [0.5, 0.6) is 0 Å². The molecule has 0 N–H and O–H groups in total. The molecule has 0 spiro atoms. The Hall–Kier alpha value is -0.330. The summed E-state index contributed by atoms with van der Waals surface area (Å²) in [5, 5.41) is 1.01. The Bertz CT molecular complexity index is 214. The first-order valence-electron chi connectivity index (χ1n) is 3.51. The largest absolute Gasteiger partial charge is 0.407 e. The fourth-order valence-corrected chi connectivity index (χ4v) is 2.05. The van der Waals surface area contributed by atoms with Crippen LogP contribution in [0.3, 0.4) is 0 Å². The van der Waals surface area contributed by atoms with E-state index in [9.17, 15) is 0 Å². The Balaban J connectivity index is 1.97. The van der Waals surface area contributed by atoms with E-state index in [1.807, 2.05) is 0 Å². The van der Waals surface area contributed by atoms with E-state index in [-0.39, 0.29) is 0 Å². The van der Waals surface area contributed by atoms with Gasteiger partial charge in [-0.25, -0.2) is 4.99 Å². The minimum absolute atomic E-state index is 0.613. The van der Waals surface area contributed by atoms with Crippen LogP contribution < -0.4 is 0 Å². The van der Waals surface area contributed by atoms with Gasteiger partial charge in [0.05, 0.1) is 6.20 Å². The molecule has 66 valence electrons. The van der Waals surface area contributed by atoms with Crippen LogP contribution in [0.15, 0.2) is 16.2 Å². The number of rotatable bonds is 1. The monoisotopic (exact) mass is 204 g/mol. The van der Waals surface area contributed by atoms with E-state index in [0.29, 0.717) is 6.73 Å². The third-order valence-corrected chi connectivity index (χ3v) is 2.81. The van der Waals surface area contributed by atoms with Crippen molar-refractivity contribution in [2.24, 2.45) is 4.99 Å². The van der Waals surface area contributed by atoms with E-state index >= 15 is 0 Å². The lowest BCUT2D eigenvalue weighted by Gasteiger charge is -2.28. The predicted molar refractivity (Wildman–Crippen MR) is 50.4 cm³/mol. The van der Waals surface area contributed by atoms with Crippen LogP contribution in [-0.4, -0.2) is 30.3 Å². The summed E-state index contributed by atoms with van der Waals surface area (Å²) in [6.07, 6.45) is 3.21. The van der Waals surface area contributed by atoms with E-state index in [1.54, 1.807) is 6.20 Å². The van der Waals surface area contributed by atoms with Gasteiger partial charge in [0, 0.05) is 12.3 Å². The zero-order chi connectivity index (χ0) is 8.23. The second kappa shape index (κ2) is 4.06. The molecular weight excluding hydrogens is 196 g/mol. The van der Waals surface area contributed by atoms with E-state index in [4.69, 9.17) is 8.37 Å². The van der Waals surface area contributed by atoms with Crippen molar-refractivity contribution in [2.75, 3.05) is 19.0 Å². The molecule has 6 heteroatoms. The maximum absolute atomic E-state index is 5.22. The van der Waals surface area contributed by atoms with Gasteiger partial charge in [-0.3, -0.25) is 4.18 Å². The first kappa shape index (κ1) is 8.28. The van der Waals surface area contributed by atoms with Crippen molar-refractivity contribution in [3.63, 3.8) is 0 Å². The van der Waals surface area contributed by atoms with E-state index < -0.39 is 0 Å². The van der Waals surface area contributed by atoms with Gasteiger partial charge in [-0.15, -0.1) is 0 Å². The molecule has 2 aliphatic rings. The third-order valence-electron chi connectivity index (χ3n) is 1.47. The Morgan fingerprint density at radius 3 is 3.25 bits per heavy atom. The van der Waals surface area contributed by atoms with Gasteiger partial charge >= 0.3 is 0 Å². The van der Waals surface area contributed by atoms with E-state index in [2.05, 4.69) is 9.89 Å². The van der Waals surface area contributed by atoms with Crippen LogP contribution in [0.4, 0.5) is 0 Å². The van der Waals surface area contributed by atoms with Crippen molar-refractivity contribution in [2.45, 2.75) is 0 Å². The Morgan fingerprint density at radius 2 is 2.58 bits per heavy atom. The molecule has 0 saturated carbocycles. The minimum atomic E-state index is 0.613. The lowest BCUT2D eigenvalue weighted by molar-refractivity contribution is 0.184. The van der Waals surface area contributed by atoms with Crippen LogP contribution in [0.2, 0.25) is 0 Å². The molecule has 0 unspecified atom stereocenters. The Labute approximate surface area is 79.4 Å². The summed E-state index contributed by atoms with van der Waals surface area (Å²) in [6.45, 7) is 1.60. The summed E-state index contributed by atoms with van der Waals surface area (Å²) < 4.78 is 10.2. The molecule has 12 heavy (non-hydrogen) atoms. The number of hydrogen-bond donors (Lipinski definition) is 0. The SMILES string of the molecule is C1=NC=C(N2CCSOC2)SO1. The molecule has 0 aromatic heterocycles. The highest BCUT2D eigenvalue weighted by atomic mass is 32.2. The molecule has 2 rings (SSSR count). The van der Waals surface area contributed by atoms with Crippen LogP contribution in [0.25, 0.3) is 0 Å². The highest BCUT2D eigenvalue weighted by Gasteiger charge is 2.16. The topological polar surface area (TPSA) is 34.1 Å². The highest BCUT2D eigenvalue weighted by Crippen LogP contribution is 2.26. The fourth-order valence-electron chi connectivity index (χ4n) is 0.891. The van der Waals surface area contributed by atoms with Crippen molar-refractivity contribution in [1.29, 1.82) is 0 Å². The molecule has 0 bridgehead atoms. The molecule has 0 aliphatic carbocycles. The van der Waals surface area contributed by atoms with Gasteiger partial charge in [0.15, 0.2) is 6.40 Å². The van der Waals surface area contributed by atoms with Crippen LogP contribution >= 0.6 is 24.1 Å². The normalized spacial score (nSPS) is 23.3. The van der Waals surface area contributed by atoms with E-state index in [1.165, 1.54) is 30.5 Å². The molecular formula is C6H8N2O2S2. The van der Waals surface area contributed by atoms with E-state index in [0.717, 1.165) is 17.3 Å². The number of aliphatic imine (C=N–C) groups is 1. The lowest BCUT2D eigenvalue weighted by Crippen LogP contribution is -2.30. The summed E-state index contributed by atoms with van der Waals surface area (Å²) in [4.78, 5) is 5.99. The molecule has 1 fully saturated rings. The Morgan fingerprint density at radius 1 is 1.58 bits per heavy atom. The van der Waals surface area contributed by atoms with Gasteiger partial charge in [-0.1, -0.05) is 0 Å². The second-order valence-electron chi connectivity index (χ2n) is 2.23. The third kappa shape index (κ3) is 1.88. The number of nitrogens with zero attached hydrogens (tertiary/aromatic N) is 2. The molecule has 2 aliphatic heterocycles. The maximum Gasteiger partial charge on any atom is 0.191 e. The minimum Gasteiger partial charge on any atom is -0.407 e. The van der Waals surface area contributed by atoms with Crippen molar-refractivity contribution in [3.8, 4) is 0 Å². The summed E-state index contributed by atoms with van der Waals surface area (Å²) >= 11 is 2.82. The standard InChI is InChI=1S/C6H8N2O2S2/c1-2-11-10-5-8(1)6-3-7-4-9-12-6/h3-4H,1-2,5H2. The van der Waals surface area contributed by atoms with Gasteiger partial charge < -0.3 is 9.08 Å². The summed E-state index contributed by atoms with van der Waals surface area (Å²) in [6, 6.07) is 0. The van der Waals surface area contributed by atoms with Crippen molar-refractivity contribution < 1.29 is 8.37 Å². The Kier molecular flexibility index (Phi) is 2.80. The zero-order valence-electron chi connectivity index (χ0n) is 6.30. The predicted octanol–water partition coefficient (Wildman–Crippen LogP) is 1.43. The van der Waals surface area contributed by atoms with Crippen molar-refractivity contribution in [3.05, 3.63) is 11.2 Å². The quantitative estimate of drug-likeness (QED) is 0.604. The average Bonchev–Trinajstić information content (AvgIpc) is 2.21. The van der Waals surface area contributed by atoms with Crippen molar-refractivity contribution >= 4 is 30.5 Å². The first-order chi connectivity index (χ1) is 5.97. The van der Waals surface area contributed by atoms with Gasteiger partial charge in [0.2, 0.25) is 0 Å². The smallest absolute Gasteiger partial charge is 0.191 e. The second-order valence-corrected chi connectivity index (χ2v) is 3.89. The molecule has 0 radical (unpaired) electrons.